The van der Waals surface area contributed by atoms with Gasteiger partial charge in [0.25, 0.3) is 0 Å². The first-order chi connectivity index (χ1) is 6.68. The molecule has 0 unspecified atom stereocenters. The molecule has 0 atom stereocenters. The van der Waals surface area contributed by atoms with Gasteiger partial charge >= 0.3 is 5.97 Å². The van der Waals surface area contributed by atoms with E-state index in [1.807, 2.05) is 0 Å². The highest BCUT2D eigenvalue weighted by atomic mass is 35.5. The summed E-state index contributed by atoms with van der Waals surface area (Å²) in [6.07, 6.45) is 1.40. The lowest BCUT2D eigenvalue weighted by Gasteiger charge is -1.94. The molecule has 1 rings (SSSR count). The lowest BCUT2D eigenvalue weighted by atomic mass is 10.2. The van der Waals surface area contributed by atoms with Gasteiger partial charge in [-0.25, -0.2) is 4.79 Å². The minimum Gasteiger partial charge on any atom is -0.479 e. The zero-order valence-corrected chi connectivity index (χ0v) is 7.94. The molecule has 0 aliphatic heterocycles. The SMILES string of the molecule is O=C(O)CO/N=C\c1cccc(Cl)c1. The quantitative estimate of drug-likeness (QED) is 0.613. The van der Waals surface area contributed by atoms with Gasteiger partial charge in [0.05, 0.1) is 6.21 Å². The Labute approximate surface area is 85.7 Å². The number of rotatable bonds is 4. The fourth-order valence-electron chi connectivity index (χ4n) is 0.778. The zero-order valence-electron chi connectivity index (χ0n) is 7.18. The second-order valence-electron chi connectivity index (χ2n) is 2.46. The van der Waals surface area contributed by atoms with Crippen LogP contribution in [0.2, 0.25) is 5.02 Å². The summed E-state index contributed by atoms with van der Waals surface area (Å²) in [5, 5.41) is 12.3. The lowest BCUT2D eigenvalue weighted by molar-refractivity contribution is -0.142. The van der Waals surface area contributed by atoms with Gasteiger partial charge in [0.2, 0.25) is 6.61 Å². The number of oxime groups is 1. The molecule has 0 spiro atoms. The smallest absolute Gasteiger partial charge is 0.344 e. The van der Waals surface area contributed by atoms with E-state index in [1.54, 1.807) is 24.3 Å². The summed E-state index contributed by atoms with van der Waals surface area (Å²) in [6, 6.07) is 6.96. The molecule has 14 heavy (non-hydrogen) atoms. The molecule has 1 aromatic rings. The Bertz CT molecular complexity index is 352. The molecule has 0 saturated carbocycles. The fourth-order valence-corrected chi connectivity index (χ4v) is 0.976. The van der Waals surface area contributed by atoms with Gasteiger partial charge in [0, 0.05) is 5.02 Å². The average Bonchev–Trinajstić information content (AvgIpc) is 2.12. The van der Waals surface area contributed by atoms with E-state index in [-0.39, 0.29) is 0 Å². The Morgan fingerprint density at radius 1 is 1.64 bits per heavy atom. The molecule has 0 aliphatic rings. The van der Waals surface area contributed by atoms with Gasteiger partial charge < -0.3 is 9.94 Å². The Kier molecular flexibility index (Phi) is 3.94. The summed E-state index contributed by atoms with van der Waals surface area (Å²) in [5.41, 5.74) is 0.753. The van der Waals surface area contributed by atoms with E-state index in [9.17, 15) is 4.79 Å². The number of halogens is 1. The van der Waals surface area contributed by atoms with Crippen LogP contribution in [-0.4, -0.2) is 23.9 Å². The number of carboxylic acids is 1. The number of nitrogens with zero attached hydrogens (tertiary/aromatic N) is 1. The molecule has 1 N–H and O–H groups in total. The van der Waals surface area contributed by atoms with Crippen LogP contribution in [0.1, 0.15) is 5.56 Å². The number of carboxylic acid groups (broad SMARTS) is 1. The van der Waals surface area contributed by atoms with Gasteiger partial charge in [-0.1, -0.05) is 28.9 Å². The molecule has 1 aromatic carbocycles. The minimum absolute atomic E-state index is 0.447. The van der Waals surface area contributed by atoms with Gasteiger partial charge in [0.15, 0.2) is 0 Å². The Hall–Kier alpha value is -1.55. The first-order valence-corrected chi connectivity index (χ1v) is 4.19. The largest absolute Gasteiger partial charge is 0.479 e. The maximum absolute atomic E-state index is 10.0. The summed E-state index contributed by atoms with van der Waals surface area (Å²) >= 11 is 5.71. The monoisotopic (exact) mass is 213 g/mol. The predicted molar refractivity (Wildman–Crippen MR) is 52.6 cm³/mol. The number of carbonyl (C=O) groups is 1. The molecule has 0 saturated heterocycles. The maximum Gasteiger partial charge on any atom is 0.344 e. The molecule has 0 aliphatic carbocycles. The molecule has 0 heterocycles. The van der Waals surface area contributed by atoms with Crippen LogP contribution >= 0.6 is 11.6 Å². The molecule has 5 heteroatoms. The molecule has 0 fully saturated rings. The van der Waals surface area contributed by atoms with Gasteiger partial charge in [-0.3, -0.25) is 0 Å². The highest BCUT2D eigenvalue weighted by Gasteiger charge is 1.93. The van der Waals surface area contributed by atoms with E-state index in [0.29, 0.717) is 5.02 Å². The molecule has 0 bridgehead atoms. The maximum atomic E-state index is 10.0. The van der Waals surface area contributed by atoms with E-state index in [2.05, 4.69) is 9.99 Å². The highest BCUT2D eigenvalue weighted by Crippen LogP contribution is 2.08. The number of hydrogen-bond acceptors (Lipinski definition) is 3. The van der Waals surface area contributed by atoms with Crippen LogP contribution in [0.5, 0.6) is 0 Å². The van der Waals surface area contributed by atoms with Gasteiger partial charge in [-0.15, -0.1) is 0 Å². The summed E-state index contributed by atoms with van der Waals surface area (Å²) in [7, 11) is 0. The van der Waals surface area contributed by atoms with Gasteiger partial charge in [-0.05, 0) is 17.7 Å². The first-order valence-electron chi connectivity index (χ1n) is 3.81. The topological polar surface area (TPSA) is 58.9 Å². The third kappa shape index (κ3) is 3.91. The zero-order chi connectivity index (χ0) is 10.4. The van der Waals surface area contributed by atoms with Crippen LogP contribution in [0, 0.1) is 0 Å². The van der Waals surface area contributed by atoms with E-state index in [4.69, 9.17) is 16.7 Å². The molecular weight excluding hydrogens is 206 g/mol. The van der Waals surface area contributed by atoms with Crippen LogP contribution < -0.4 is 0 Å². The first kappa shape index (κ1) is 10.5. The van der Waals surface area contributed by atoms with Crippen LogP contribution in [0.25, 0.3) is 0 Å². The van der Waals surface area contributed by atoms with Crippen molar-refractivity contribution in [1.82, 2.24) is 0 Å². The number of hydrogen-bond donors (Lipinski definition) is 1. The predicted octanol–water partition coefficient (Wildman–Crippen LogP) is 1.78. The van der Waals surface area contributed by atoms with Crippen LogP contribution in [0.15, 0.2) is 29.4 Å². The van der Waals surface area contributed by atoms with Crippen molar-refractivity contribution in [3.05, 3.63) is 34.9 Å². The van der Waals surface area contributed by atoms with E-state index in [0.717, 1.165) is 5.56 Å². The number of aliphatic carboxylic acids is 1. The molecule has 0 radical (unpaired) electrons. The highest BCUT2D eigenvalue weighted by molar-refractivity contribution is 6.30. The Balaban J connectivity index is 2.47. The van der Waals surface area contributed by atoms with Crippen LogP contribution in [-0.2, 0) is 9.63 Å². The van der Waals surface area contributed by atoms with Gasteiger partial charge in [-0.2, -0.15) is 0 Å². The van der Waals surface area contributed by atoms with Crippen molar-refractivity contribution >= 4 is 23.8 Å². The Morgan fingerprint density at radius 2 is 2.43 bits per heavy atom. The second kappa shape index (κ2) is 5.24. The van der Waals surface area contributed by atoms with Gasteiger partial charge in [0.1, 0.15) is 0 Å². The van der Waals surface area contributed by atoms with Crippen LogP contribution in [0.4, 0.5) is 0 Å². The molecular formula is C9H8ClNO3. The van der Waals surface area contributed by atoms with Crippen molar-refractivity contribution in [3.8, 4) is 0 Å². The second-order valence-corrected chi connectivity index (χ2v) is 2.89. The summed E-state index contributed by atoms with van der Waals surface area (Å²) in [4.78, 5) is 14.5. The van der Waals surface area contributed by atoms with E-state index >= 15 is 0 Å². The van der Waals surface area contributed by atoms with E-state index < -0.39 is 12.6 Å². The van der Waals surface area contributed by atoms with Crippen molar-refractivity contribution in [3.63, 3.8) is 0 Å². The van der Waals surface area contributed by atoms with Crippen LogP contribution in [0.3, 0.4) is 0 Å². The van der Waals surface area contributed by atoms with Crippen molar-refractivity contribution < 1.29 is 14.7 Å². The summed E-state index contributed by atoms with van der Waals surface area (Å²) < 4.78 is 0. The minimum atomic E-state index is -1.06. The standard InChI is InChI=1S/C9H8ClNO3/c10-8-3-1-2-7(4-8)5-11-14-6-9(12)13/h1-5H,6H2,(H,12,13)/b11-5-. The van der Waals surface area contributed by atoms with E-state index in [1.165, 1.54) is 6.21 Å². The average molecular weight is 214 g/mol. The molecule has 4 nitrogen and oxygen atoms in total. The Morgan fingerprint density at radius 3 is 3.07 bits per heavy atom. The summed E-state index contributed by atoms with van der Waals surface area (Å²) in [5.74, 6) is -1.06. The van der Waals surface area contributed by atoms with Crippen molar-refractivity contribution in [2.75, 3.05) is 6.61 Å². The van der Waals surface area contributed by atoms with Crippen molar-refractivity contribution in [2.24, 2.45) is 5.16 Å². The third-order valence-electron chi connectivity index (χ3n) is 1.31. The summed E-state index contributed by atoms with van der Waals surface area (Å²) in [6.45, 7) is -0.447. The van der Waals surface area contributed by atoms with Crippen molar-refractivity contribution in [2.45, 2.75) is 0 Å². The fraction of sp³-hybridized carbons (Fsp3) is 0.111. The normalized spacial score (nSPS) is 10.4. The molecule has 74 valence electrons. The lowest BCUT2D eigenvalue weighted by Crippen LogP contribution is -2.03. The molecule has 0 aromatic heterocycles. The van der Waals surface area contributed by atoms with Crippen molar-refractivity contribution in [1.29, 1.82) is 0 Å². The third-order valence-corrected chi connectivity index (χ3v) is 1.55. The number of benzene rings is 1. The molecule has 0 amide bonds.